The van der Waals surface area contributed by atoms with E-state index in [0.29, 0.717) is 12.1 Å². The van der Waals surface area contributed by atoms with Gasteiger partial charge in [0.25, 0.3) is 11.6 Å². The number of carbonyl (C=O) groups is 1. The molecular formula is C15H9F4N3O3S. The van der Waals surface area contributed by atoms with Gasteiger partial charge in [-0.05, 0) is 48.6 Å². The van der Waals surface area contributed by atoms with Crippen LogP contribution in [0.1, 0.15) is 15.9 Å². The van der Waals surface area contributed by atoms with Crippen molar-refractivity contribution >= 4 is 34.6 Å². The van der Waals surface area contributed by atoms with Crippen LogP contribution in [-0.4, -0.2) is 15.9 Å². The average molecular weight is 387 g/mol. The summed E-state index contributed by atoms with van der Waals surface area (Å²) in [5.74, 6) is -1.28. The number of amides is 1. The minimum Gasteiger partial charge on any atom is -0.327 e. The third-order valence-electron chi connectivity index (χ3n) is 3.10. The lowest BCUT2D eigenvalue weighted by atomic mass is 10.1. The number of alkyl halides is 3. The van der Waals surface area contributed by atoms with Gasteiger partial charge in [-0.25, -0.2) is 4.39 Å². The zero-order valence-electron chi connectivity index (χ0n) is 12.6. The molecule has 2 aromatic carbocycles. The molecule has 0 unspecified atom stereocenters. The van der Waals surface area contributed by atoms with Crippen LogP contribution >= 0.6 is 12.2 Å². The summed E-state index contributed by atoms with van der Waals surface area (Å²) in [4.78, 5) is 21.9. The lowest BCUT2D eigenvalue weighted by molar-refractivity contribution is -0.384. The molecule has 0 aliphatic heterocycles. The van der Waals surface area contributed by atoms with Crippen molar-refractivity contribution < 1.29 is 27.3 Å². The topological polar surface area (TPSA) is 84.3 Å². The third kappa shape index (κ3) is 4.72. The molecule has 11 heteroatoms. The Morgan fingerprint density at radius 1 is 1.12 bits per heavy atom. The zero-order chi connectivity index (χ0) is 19.5. The Bertz CT molecular complexity index is 869. The third-order valence-corrected chi connectivity index (χ3v) is 3.31. The van der Waals surface area contributed by atoms with E-state index in [1.54, 1.807) is 0 Å². The molecule has 0 saturated carbocycles. The minimum absolute atomic E-state index is 0.0671. The van der Waals surface area contributed by atoms with Gasteiger partial charge in [0.15, 0.2) is 5.11 Å². The van der Waals surface area contributed by atoms with Gasteiger partial charge in [0.2, 0.25) is 0 Å². The van der Waals surface area contributed by atoms with Crippen LogP contribution in [0.2, 0.25) is 0 Å². The fourth-order valence-electron chi connectivity index (χ4n) is 1.89. The Kier molecular flexibility index (Phi) is 5.50. The summed E-state index contributed by atoms with van der Waals surface area (Å²) in [5.41, 5.74) is -2.32. The number of hydrogen-bond donors (Lipinski definition) is 2. The van der Waals surface area contributed by atoms with Gasteiger partial charge in [-0.2, -0.15) is 13.2 Å². The quantitative estimate of drug-likeness (QED) is 0.361. The monoisotopic (exact) mass is 387 g/mol. The summed E-state index contributed by atoms with van der Waals surface area (Å²) in [6, 6.07) is 6.30. The molecule has 0 saturated heterocycles. The molecule has 0 aliphatic rings. The molecule has 2 rings (SSSR count). The van der Waals surface area contributed by atoms with Gasteiger partial charge in [0.1, 0.15) is 11.5 Å². The molecule has 0 atom stereocenters. The first kappa shape index (κ1) is 19.2. The first-order chi connectivity index (χ1) is 12.1. The number of nitrogens with one attached hydrogen (secondary N) is 2. The van der Waals surface area contributed by atoms with Crippen LogP contribution in [0.4, 0.5) is 28.9 Å². The Morgan fingerprint density at radius 2 is 1.73 bits per heavy atom. The number of thiocarbonyl (C=S) groups is 1. The molecule has 0 fully saturated rings. The Hall–Kier alpha value is -3.08. The van der Waals surface area contributed by atoms with Crippen molar-refractivity contribution in [3.05, 3.63) is 69.5 Å². The number of halogens is 4. The summed E-state index contributed by atoms with van der Waals surface area (Å²) in [7, 11) is 0. The van der Waals surface area contributed by atoms with Crippen molar-refractivity contribution in [2.24, 2.45) is 0 Å². The molecule has 0 radical (unpaired) electrons. The van der Waals surface area contributed by atoms with Crippen molar-refractivity contribution in [1.82, 2.24) is 5.32 Å². The van der Waals surface area contributed by atoms with Crippen LogP contribution in [-0.2, 0) is 6.18 Å². The molecule has 0 spiro atoms. The second-order valence-electron chi connectivity index (χ2n) is 4.90. The molecule has 0 aromatic heterocycles. The fourth-order valence-corrected chi connectivity index (χ4v) is 2.10. The van der Waals surface area contributed by atoms with Crippen LogP contribution in [0.15, 0.2) is 42.5 Å². The second kappa shape index (κ2) is 7.44. The van der Waals surface area contributed by atoms with E-state index < -0.39 is 34.1 Å². The summed E-state index contributed by atoms with van der Waals surface area (Å²) in [6.07, 6.45) is -4.75. The molecule has 1 amide bonds. The molecule has 136 valence electrons. The van der Waals surface area contributed by atoms with Crippen molar-refractivity contribution in [2.45, 2.75) is 6.18 Å². The molecule has 0 bridgehead atoms. The summed E-state index contributed by atoms with van der Waals surface area (Å²) >= 11 is 4.83. The first-order valence-electron chi connectivity index (χ1n) is 6.81. The molecular weight excluding hydrogens is 378 g/mol. The number of anilines is 1. The van der Waals surface area contributed by atoms with Gasteiger partial charge >= 0.3 is 6.18 Å². The molecule has 26 heavy (non-hydrogen) atoms. The van der Waals surface area contributed by atoms with Gasteiger partial charge in [-0.15, -0.1) is 0 Å². The molecule has 2 aromatic rings. The zero-order valence-corrected chi connectivity index (χ0v) is 13.5. The summed E-state index contributed by atoms with van der Waals surface area (Å²) < 4.78 is 50.8. The highest BCUT2D eigenvalue weighted by Gasteiger charge is 2.33. The van der Waals surface area contributed by atoms with Gasteiger partial charge < -0.3 is 5.32 Å². The predicted molar refractivity (Wildman–Crippen MR) is 88.2 cm³/mol. The lowest BCUT2D eigenvalue weighted by Crippen LogP contribution is -2.34. The van der Waals surface area contributed by atoms with Crippen LogP contribution in [0.5, 0.6) is 0 Å². The van der Waals surface area contributed by atoms with Crippen molar-refractivity contribution in [3.8, 4) is 0 Å². The Balaban J connectivity index is 2.16. The maximum absolute atomic E-state index is 12.8. The smallest absolute Gasteiger partial charge is 0.327 e. The summed E-state index contributed by atoms with van der Waals surface area (Å²) in [6.45, 7) is 0. The number of carbonyl (C=O) groups excluding carboxylic acids is 1. The van der Waals surface area contributed by atoms with Crippen LogP contribution in [0, 0.1) is 15.9 Å². The van der Waals surface area contributed by atoms with Crippen LogP contribution in [0.25, 0.3) is 0 Å². The SMILES string of the molecule is O=C(NC(=S)Nc1ccc(C(F)(F)F)cc1[N+](=O)[O-])c1ccc(F)cc1. The van der Waals surface area contributed by atoms with E-state index >= 15 is 0 Å². The number of nitrogens with zero attached hydrogens (tertiary/aromatic N) is 1. The van der Waals surface area contributed by atoms with Gasteiger partial charge in [0.05, 0.1) is 10.5 Å². The second-order valence-corrected chi connectivity index (χ2v) is 5.31. The number of rotatable bonds is 3. The summed E-state index contributed by atoms with van der Waals surface area (Å²) in [5, 5.41) is 15.1. The Labute approximate surface area is 149 Å². The highest BCUT2D eigenvalue weighted by atomic mass is 32.1. The number of nitro benzene ring substituents is 1. The largest absolute Gasteiger partial charge is 0.416 e. The Morgan fingerprint density at radius 3 is 2.27 bits per heavy atom. The molecule has 6 nitrogen and oxygen atoms in total. The van der Waals surface area contributed by atoms with E-state index in [9.17, 15) is 32.5 Å². The highest BCUT2D eigenvalue weighted by molar-refractivity contribution is 7.80. The predicted octanol–water partition coefficient (Wildman–Crippen LogP) is 3.88. The standard InChI is InChI=1S/C15H9F4N3O3S/c16-10-4-1-8(2-5-10)13(23)21-14(26)20-11-6-3-9(15(17,18)19)7-12(11)22(24)25/h1-7H,(H2,20,21,23,26). The molecule has 0 heterocycles. The molecule has 0 aliphatic carbocycles. The van der Waals surface area contributed by atoms with Gasteiger partial charge in [-0.3, -0.25) is 20.2 Å². The lowest BCUT2D eigenvalue weighted by Gasteiger charge is -2.12. The fraction of sp³-hybridized carbons (Fsp3) is 0.0667. The highest BCUT2D eigenvalue weighted by Crippen LogP contribution is 2.34. The maximum Gasteiger partial charge on any atom is 0.416 e. The van der Waals surface area contributed by atoms with Crippen LogP contribution < -0.4 is 10.6 Å². The van der Waals surface area contributed by atoms with Gasteiger partial charge in [0, 0.05) is 11.6 Å². The van der Waals surface area contributed by atoms with E-state index in [2.05, 4.69) is 10.6 Å². The van der Waals surface area contributed by atoms with Crippen molar-refractivity contribution in [3.63, 3.8) is 0 Å². The van der Waals surface area contributed by atoms with E-state index in [4.69, 9.17) is 12.2 Å². The van der Waals surface area contributed by atoms with E-state index in [1.807, 2.05) is 0 Å². The average Bonchev–Trinajstić information content (AvgIpc) is 2.54. The van der Waals surface area contributed by atoms with E-state index in [1.165, 1.54) is 12.1 Å². The van der Waals surface area contributed by atoms with Crippen molar-refractivity contribution in [2.75, 3.05) is 5.32 Å². The normalized spacial score (nSPS) is 10.9. The maximum atomic E-state index is 12.8. The van der Waals surface area contributed by atoms with E-state index in [-0.39, 0.29) is 16.4 Å². The van der Waals surface area contributed by atoms with Gasteiger partial charge in [-0.1, -0.05) is 0 Å². The number of nitro groups is 1. The minimum atomic E-state index is -4.75. The van der Waals surface area contributed by atoms with Crippen LogP contribution in [0.3, 0.4) is 0 Å². The first-order valence-corrected chi connectivity index (χ1v) is 7.22. The van der Waals surface area contributed by atoms with Crippen molar-refractivity contribution in [1.29, 1.82) is 0 Å². The molecule has 2 N–H and O–H groups in total. The number of hydrogen-bond acceptors (Lipinski definition) is 4. The van der Waals surface area contributed by atoms with E-state index in [0.717, 1.165) is 18.2 Å². The number of benzene rings is 2.